The van der Waals surface area contributed by atoms with Crippen LogP contribution in [0.4, 0.5) is 0 Å². The predicted molar refractivity (Wildman–Crippen MR) is 80.1 cm³/mol. The van der Waals surface area contributed by atoms with E-state index in [4.69, 9.17) is 11.5 Å². The Morgan fingerprint density at radius 2 is 1.95 bits per heavy atom. The fraction of sp³-hybridized carbons (Fsp3) is 0.500. The zero-order chi connectivity index (χ0) is 15.6. The van der Waals surface area contributed by atoms with Crippen LogP contribution in [-0.2, 0) is 10.0 Å². The number of hydrogen-bond acceptors (Lipinski definition) is 4. The van der Waals surface area contributed by atoms with Gasteiger partial charge in [-0.05, 0) is 43.0 Å². The molecule has 1 amide bonds. The van der Waals surface area contributed by atoms with Gasteiger partial charge in [0, 0.05) is 24.7 Å². The van der Waals surface area contributed by atoms with Crippen LogP contribution in [-0.4, -0.2) is 37.8 Å². The smallest absolute Gasteiger partial charge is 0.248 e. The Morgan fingerprint density at radius 3 is 2.48 bits per heavy atom. The van der Waals surface area contributed by atoms with Crippen LogP contribution in [0, 0.1) is 5.92 Å². The van der Waals surface area contributed by atoms with Crippen molar-refractivity contribution >= 4 is 15.9 Å². The lowest BCUT2D eigenvalue weighted by atomic mass is 9.94. The molecule has 1 heterocycles. The molecule has 0 radical (unpaired) electrons. The number of sulfonamides is 1. The first-order chi connectivity index (χ1) is 9.86. The van der Waals surface area contributed by atoms with Crippen molar-refractivity contribution in [1.82, 2.24) is 4.31 Å². The molecule has 2 atom stereocenters. The highest BCUT2D eigenvalue weighted by Gasteiger charge is 2.34. The van der Waals surface area contributed by atoms with Gasteiger partial charge >= 0.3 is 0 Å². The highest BCUT2D eigenvalue weighted by atomic mass is 32.2. The van der Waals surface area contributed by atoms with Crippen LogP contribution in [0.5, 0.6) is 0 Å². The molecule has 0 aliphatic carbocycles. The normalized spacial score (nSPS) is 23.9. The maximum Gasteiger partial charge on any atom is 0.248 e. The second-order valence-corrected chi connectivity index (χ2v) is 7.41. The lowest BCUT2D eigenvalue weighted by molar-refractivity contribution is 0.1000. The molecule has 0 spiro atoms. The van der Waals surface area contributed by atoms with Crippen LogP contribution < -0.4 is 11.5 Å². The molecule has 116 valence electrons. The fourth-order valence-electron chi connectivity index (χ4n) is 2.69. The summed E-state index contributed by atoms with van der Waals surface area (Å²) in [7, 11) is -3.59. The van der Waals surface area contributed by atoms with E-state index in [1.807, 2.05) is 0 Å². The molecule has 0 saturated carbocycles. The van der Waals surface area contributed by atoms with E-state index in [9.17, 15) is 13.2 Å². The molecule has 1 fully saturated rings. The Kier molecular flexibility index (Phi) is 4.65. The Labute approximate surface area is 125 Å². The van der Waals surface area contributed by atoms with E-state index in [2.05, 4.69) is 6.92 Å². The Hall–Kier alpha value is -1.44. The molecule has 1 aliphatic heterocycles. The molecule has 1 aliphatic rings. The van der Waals surface area contributed by atoms with Crippen molar-refractivity contribution < 1.29 is 13.2 Å². The molecule has 1 aromatic rings. The molecular weight excluding hydrogens is 290 g/mol. The van der Waals surface area contributed by atoms with Crippen molar-refractivity contribution in [2.24, 2.45) is 17.4 Å². The zero-order valence-corrected chi connectivity index (χ0v) is 12.8. The number of piperidine rings is 1. The molecule has 0 aromatic heterocycles. The third-order valence-electron chi connectivity index (χ3n) is 3.94. The Bertz CT molecular complexity index is 613. The van der Waals surface area contributed by atoms with Crippen molar-refractivity contribution in [3.8, 4) is 0 Å². The van der Waals surface area contributed by atoms with Crippen molar-refractivity contribution in [3.05, 3.63) is 29.8 Å². The van der Waals surface area contributed by atoms with Gasteiger partial charge in [-0.25, -0.2) is 8.42 Å². The van der Waals surface area contributed by atoms with Gasteiger partial charge in [0.05, 0.1) is 4.90 Å². The summed E-state index contributed by atoms with van der Waals surface area (Å²) in [4.78, 5) is 11.2. The standard InChI is InChI=1S/C14H21N3O3S/c1-10-6-7-17(12(8-10)9-15)21(19,20)13-4-2-11(3-5-13)14(16)18/h2-5,10,12H,6-9,15H2,1H3,(H2,16,18). The lowest BCUT2D eigenvalue weighted by Crippen LogP contribution is -2.49. The van der Waals surface area contributed by atoms with Gasteiger partial charge in [-0.2, -0.15) is 4.31 Å². The lowest BCUT2D eigenvalue weighted by Gasteiger charge is -2.36. The Balaban J connectivity index is 2.30. The number of carbonyl (C=O) groups excluding carboxylic acids is 1. The van der Waals surface area contributed by atoms with Crippen LogP contribution in [0.15, 0.2) is 29.2 Å². The van der Waals surface area contributed by atoms with E-state index < -0.39 is 15.9 Å². The van der Waals surface area contributed by atoms with E-state index >= 15 is 0 Å². The van der Waals surface area contributed by atoms with Gasteiger partial charge in [0.2, 0.25) is 15.9 Å². The monoisotopic (exact) mass is 311 g/mol. The molecule has 0 bridgehead atoms. The third kappa shape index (κ3) is 3.25. The minimum absolute atomic E-state index is 0.167. The van der Waals surface area contributed by atoms with Crippen LogP contribution in [0.2, 0.25) is 0 Å². The molecule has 7 heteroatoms. The summed E-state index contributed by atoms with van der Waals surface area (Å²) in [5.41, 5.74) is 11.2. The number of primary amides is 1. The summed E-state index contributed by atoms with van der Waals surface area (Å²) >= 11 is 0. The highest BCUT2D eigenvalue weighted by molar-refractivity contribution is 7.89. The summed E-state index contributed by atoms with van der Waals surface area (Å²) in [5.74, 6) is -0.104. The van der Waals surface area contributed by atoms with Crippen molar-refractivity contribution in [2.75, 3.05) is 13.1 Å². The minimum Gasteiger partial charge on any atom is -0.366 e. The maximum atomic E-state index is 12.7. The quantitative estimate of drug-likeness (QED) is 0.846. The molecule has 1 saturated heterocycles. The van der Waals surface area contributed by atoms with Gasteiger partial charge in [-0.3, -0.25) is 4.79 Å². The third-order valence-corrected chi connectivity index (χ3v) is 5.91. The molecular formula is C14H21N3O3S. The Morgan fingerprint density at radius 1 is 1.33 bits per heavy atom. The van der Waals surface area contributed by atoms with Crippen molar-refractivity contribution in [1.29, 1.82) is 0 Å². The van der Waals surface area contributed by atoms with Crippen molar-refractivity contribution in [2.45, 2.75) is 30.7 Å². The van der Waals surface area contributed by atoms with E-state index in [-0.39, 0.29) is 16.5 Å². The summed E-state index contributed by atoms with van der Waals surface area (Å²) in [6.45, 7) is 2.89. The van der Waals surface area contributed by atoms with Gasteiger partial charge in [0.25, 0.3) is 0 Å². The van der Waals surface area contributed by atoms with Gasteiger partial charge in [-0.15, -0.1) is 0 Å². The molecule has 1 aromatic carbocycles. The van der Waals surface area contributed by atoms with E-state index in [1.165, 1.54) is 28.6 Å². The number of benzene rings is 1. The van der Waals surface area contributed by atoms with Gasteiger partial charge < -0.3 is 11.5 Å². The number of nitrogens with two attached hydrogens (primary N) is 2. The summed E-state index contributed by atoms with van der Waals surface area (Å²) in [6.07, 6.45) is 1.60. The van der Waals surface area contributed by atoms with Crippen LogP contribution in [0.3, 0.4) is 0 Å². The molecule has 21 heavy (non-hydrogen) atoms. The number of hydrogen-bond donors (Lipinski definition) is 2. The van der Waals surface area contributed by atoms with Crippen LogP contribution >= 0.6 is 0 Å². The van der Waals surface area contributed by atoms with E-state index in [0.29, 0.717) is 19.0 Å². The molecule has 6 nitrogen and oxygen atoms in total. The first kappa shape index (κ1) is 15.9. The minimum atomic E-state index is -3.59. The van der Waals surface area contributed by atoms with Gasteiger partial charge in [0.15, 0.2) is 0 Å². The predicted octanol–water partition coefficient (Wildman–Crippen LogP) is 0.533. The number of carbonyl (C=O) groups is 1. The first-order valence-corrected chi connectivity index (χ1v) is 8.42. The van der Waals surface area contributed by atoms with Crippen LogP contribution in [0.1, 0.15) is 30.1 Å². The van der Waals surface area contributed by atoms with Gasteiger partial charge in [-0.1, -0.05) is 6.92 Å². The second-order valence-electron chi connectivity index (χ2n) is 5.52. The molecule has 4 N–H and O–H groups in total. The first-order valence-electron chi connectivity index (χ1n) is 6.98. The summed E-state index contributed by atoms with van der Waals surface area (Å²) in [5, 5.41) is 0. The molecule has 2 rings (SSSR count). The van der Waals surface area contributed by atoms with E-state index in [1.54, 1.807) is 0 Å². The van der Waals surface area contributed by atoms with E-state index in [0.717, 1.165) is 12.8 Å². The zero-order valence-electron chi connectivity index (χ0n) is 12.0. The second kappa shape index (κ2) is 6.13. The van der Waals surface area contributed by atoms with Crippen molar-refractivity contribution in [3.63, 3.8) is 0 Å². The summed E-state index contributed by atoms with van der Waals surface area (Å²) in [6, 6.07) is 5.52. The largest absolute Gasteiger partial charge is 0.366 e. The van der Waals surface area contributed by atoms with Crippen LogP contribution in [0.25, 0.3) is 0 Å². The number of nitrogens with zero attached hydrogens (tertiary/aromatic N) is 1. The topological polar surface area (TPSA) is 106 Å². The number of rotatable bonds is 4. The summed E-state index contributed by atoms with van der Waals surface area (Å²) < 4.78 is 26.9. The number of amides is 1. The van der Waals surface area contributed by atoms with Gasteiger partial charge in [0.1, 0.15) is 0 Å². The highest BCUT2D eigenvalue weighted by Crippen LogP contribution is 2.28. The average molecular weight is 311 g/mol. The average Bonchev–Trinajstić information content (AvgIpc) is 2.46. The SMILES string of the molecule is CC1CCN(S(=O)(=O)c2ccc(C(N)=O)cc2)C(CN)C1. The fourth-order valence-corrected chi connectivity index (χ4v) is 4.35. The maximum absolute atomic E-state index is 12.7. The molecule has 2 unspecified atom stereocenters.